The predicted molar refractivity (Wildman–Crippen MR) is 98.4 cm³/mol. The summed E-state index contributed by atoms with van der Waals surface area (Å²) in [5.74, 6) is 0.765. The maximum atomic E-state index is 11.0. The van der Waals surface area contributed by atoms with Crippen LogP contribution in [-0.4, -0.2) is 48.7 Å². The van der Waals surface area contributed by atoms with Gasteiger partial charge in [0, 0.05) is 23.5 Å². The molecule has 1 atom stereocenters. The average molecular weight is 360 g/mol. The van der Waals surface area contributed by atoms with Crippen molar-refractivity contribution in [3.05, 3.63) is 49.1 Å². The van der Waals surface area contributed by atoms with Gasteiger partial charge in [-0.2, -0.15) is 0 Å². The summed E-state index contributed by atoms with van der Waals surface area (Å²) in [4.78, 5) is 11.0. The summed E-state index contributed by atoms with van der Waals surface area (Å²) >= 11 is 0. The van der Waals surface area contributed by atoms with Crippen molar-refractivity contribution in [2.24, 2.45) is 0 Å². The Bertz CT molecular complexity index is 727. The standard InChI is InChI=1S/C20H24O6/c1-2-20(23)26-14-15(22)13-25-19-10-9-18(24-12-6-5-11-21)16-7-3-4-8-17(16)19/h2-4,7-10,15,21-22H,1,5-6,11-14H2. The summed E-state index contributed by atoms with van der Waals surface area (Å²) in [5, 5.41) is 20.5. The molecule has 0 saturated heterocycles. The number of carbonyl (C=O) groups excluding carboxylic acids is 1. The van der Waals surface area contributed by atoms with Crippen molar-refractivity contribution in [3.8, 4) is 11.5 Å². The highest BCUT2D eigenvalue weighted by Crippen LogP contribution is 2.33. The van der Waals surface area contributed by atoms with Gasteiger partial charge in [-0.05, 0) is 25.0 Å². The lowest BCUT2D eigenvalue weighted by Gasteiger charge is -2.15. The highest BCUT2D eigenvalue weighted by molar-refractivity contribution is 5.93. The number of unbranched alkanes of at least 4 members (excludes halogenated alkanes) is 1. The van der Waals surface area contributed by atoms with Crippen LogP contribution in [-0.2, 0) is 9.53 Å². The molecule has 0 saturated carbocycles. The number of benzene rings is 2. The molecule has 1 unspecified atom stereocenters. The molecule has 0 spiro atoms. The average Bonchev–Trinajstić information content (AvgIpc) is 2.68. The van der Waals surface area contributed by atoms with Gasteiger partial charge in [0.15, 0.2) is 0 Å². The normalized spacial score (nSPS) is 11.8. The molecule has 0 aliphatic carbocycles. The van der Waals surface area contributed by atoms with Crippen molar-refractivity contribution in [2.45, 2.75) is 18.9 Å². The second-order valence-corrected chi connectivity index (χ2v) is 5.69. The van der Waals surface area contributed by atoms with Gasteiger partial charge in [-0.1, -0.05) is 30.8 Å². The number of hydrogen-bond acceptors (Lipinski definition) is 6. The quantitative estimate of drug-likeness (QED) is 0.364. The maximum Gasteiger partial charge on any atom is 0.330 e. The molecule has 0 aliphatic rings. The van der Waals surface area contributed by atoms with Crippen LogP contribution in [0.4, 0.5) is 0 Å². The van der Waals surface area contributed by atoms with Crippen LogP contribution in [0.5, 0.6) is 11.5 Å². The highest BCUT2D eigenvalue weighted by atomic mass is 16.5. The van der Waals surface area contributed by atoms with Crippen LogP contribution in [0.25, 0.3) is 10.8 Å². The van der Waals surface area contributed by atoms with Gasteiger partial charge in [-0.25, -0.2) is 4.79 Å². The molecule has 0 aliphatic heterocycles. The van der Waals surface area contributed by atoms with E-state index in [1.54, 1.807) is 6.07 Å². The SMILES string of the molecule is C=CC(=O)OCC(O)COc1ccc(OCCCCO)c2ccccc12. The zero-order valence-corrected chi connectivity index (χ0v) is 14.6. The number of carbonyl (C=O) groups is 1. The van der Waals surface area contributed by atoms with Crippen molar-refractivity contribution in [1.82, 2.24) is 0 Å². The van der Waals surface area contributed by atoms with E-state index in [0.717, 1.165) is 29.0 Å². The van der Waals surface area contributed by atoms with Crippen LogP contribution in [0.2, 0.25) is 0 Å². The van der Waals surface area contributed by atoms with E-state index >= 15 is 0 Å². The molecule has 6 nitrogen and oxygen atoms in total. The molecule has 0 aromatic heterocycles. The molecule has 140 valence electrons. The number of fused-ring (bicyclic) bond motifs is 1. The van der Waals surface area contributed by atoms with Gasteiger partial charge in [0.25, 0.3) is 0 Å². The Kier molecular flexibility index (Phi) is 7.92. The lowest BCUT2D eigenvalue weighted by atomic mass is 10.1. The topological polar surface area (TPSA) is 85.2 Å². The minimum atomic E-state index is -0.938. The minimum Gasteiger partial charge on any atom is -0.493 e. The smallest absolute Gasteiger partial charge is 0.330 e. The number of ether oxygens (including phenoxy) is 3. The Morgan fingerprint density at radius 2 is 1.69 bits per heavy atom. The summed E-state index contributed by atoms with van der Waals surface area (Å²) in [5.41, 5.74) is 0. The largest absolute Gasteiger partial charge is 0.493 e. The molecule has 2 N–H and O–H groups in total. The maximum absolute atomic E-state index is 11.0. The molecule has 0 fully saturated rings. The van der Waals surface area contributed by atoms with Gasteiger partial charge in [0.2, 0.25) is 0 Å². The van der Waals surface area contributed by atoms with Gasteiger partial charge >= 0.3 is 5.97 Å². The summed E-state index contributed by atoms with van der Waals surface area (Å²) < 4.78 is 16.3. The van der Waals surface area contributed by atoms with Gasteiger partial charge in [0.1, 0.15) is 30.8 Å². The third-order valence-electron chi connectivity index (χ3n) is 3.67. The van der Waals surface area contributed by atoms with Crippen LogP contribution in [0.1, 0.15) is 12.8 Å². The summed E-state index contributed by atoms with van der Waals surface area (Å²) in [6.45, 7) is 3.81. The zero-order chi connectivity index (χ0) is 18.8. The third-order valence-corrected chi connectivity index (χ3v) is 3.67. The fourth-order valence-electron chi connectivity index (χ4n) is 2.36. The number of aliphatic hydroxyl groups is 2. The molecule has 0 radical (unpaired) electrons. The molecule has 2 aromatic rings. The third kappa shape index (κ3) is 5.75. The van der Waals surface area contributed by atoms with Crippen molar-refractivity contribution in [3.63, 3.8) is 0 Å². The molecule has 0 bridgehead atoms. The van der Waals surface area contributed by atoms with E-state index in [1.165, 1.54) is 0 Å². The molecule has 0 heterocycles. The number of aliphatic hydroxyl groups excluding tert-OH is 2. The Morgan fingerprint density at radius 3 is 2.31 bits per heavy atom. The lowest BCUT2D eigenvalue weighted by molar-refractivity contribution is -0.141. The Labute approximate surface area is 152 Å². The van der Waals surface area contributed by atoms with Gasteiger partial charge in [-0.15, -0.1) is 0 Å². The van der Waals surface area contributed by atoms with Gasteiger partial charge in [0.05, 0.1) is 6.61 Å². The minimum absolute atomic E-state index is 0.00881. The van der Waals surface area contributed by atoms with E-state index < -0.39 is 12.1 Å². The van der Waals surface area contributed by atoms with Crippen LogP contribution < -0.4 is 9.47 Å². The van der Waals surface area contributed by atoms with Crippen molar-refractivity contribution < 1.29 is 29.2 Å². The van der Waals surface area contributed by atoms with E-state index in [4.69, 9.17) is 19.3 Å². The zero-order valence-electron chi connectivity index (χ0n) is 14.6. The second kappa shape index (κ2) is 10.4. The summed E-state index contributed by atoms with van der Waals surface area (Å²) in [6, 6.07) is 11.3. The number of esters is 1. The summed E-state index contributed by atoms with van der Waals surface area (Å²) in [6.07, 6.45) is 1.58. The first kappa shape index (κ1) is 19.8. The first-order chi connectivity index (χ1) is 12.7. The van der Waals surface area contributed by atoms with Crippen LogP contribution in [0.15, 0.2) is 49.1 Å². The molecule has 2 aromatic carbocycles. The number of rotatable bonds is 11. The molecule has 6 heteroatoms. The van der Waals surface area contributed by atoms with Crippen molar-refractivity contribution in [1.29, 1.82) is 0 Å². The van der Waals surface area contributed by atoms with Gasteiger partial charge < -0.3 is 24.4 Å². The van der Waals surface area contributed by atoms with Crippen LogP contribution in [0, 0.1) is 0 Å². The van der Waals surface area contributed by atoms with Gasteiger partial charge in [-0.3, -0.25) is 0 Å². The van der Waals surface area contributed by atoms with E-state index in [2.05, 4.69) is 6.58 Å². The fourth-order valence-corrected chi connectivity index (χ4v) is 2.36. The number of hydrogen-bond donors (Lipinski definition) is 2. The van der Waals surface area contributed by atoms with E-state index in [9.17, 15) is 9.90 Å². The van der Waals surface area contributed by atoms with E-state index in [0.29, 0.717) is 18.8 Å². The molecular weight excluding hydrogens is 336 g/mol. The Morgan fingerprint density at radius 1 is 1.04 bits per heavy atom. The first-order valence-corrected chi connectivity index (χ1v) is 8.51. The van der Waals surface area contributed by atoms with E-state index in [-0.39, 0.29) is 19.8 Å². The molecule has 26 heavy (non-hydrogen) atoms. The van der Waals surface area contributed by atoms with Crippen LogP contribution in [0.3, 0.4) is 0 Å². The fraction of sp³-hybridized carbons (Fsp3) is 0.350. The Balaban J connectivity index is 2.02. The predicted octanol–water partition coefficient (Wildman–Crippen LogP) is 2.46. The van der Waals surface area contributed by atoms with E-state index in [1.807, 2.05) is 30.3 Å². The van der Waals surface area contributed by atoms with Crippen LogP contribution >= 0.6 is 0 Å². The Hall–Kier alpha value is -2.57. The highest BCUT2D eigenvalue weighted by Gasteiger charge is 2.11. The lowest BCUT2D eigenvalue weighted by Crippen LogP contribution is -2.24. The monoisotopic (exact) mass is 360 g/mol. The first-order valence-electron chi connectivity index (χ1n) is 8.51. The van der Waals surface area contributed by atoms with Crippen molar-refractivity contribution >= 4 is 16.7 Å². The second-order valence-electron chi connectivity index (χ2n) is 5.69. The molecule has 2 rings (SSSR count). The molecular formula is C20H24O6. The van der Waals surface area contributed by atoms with Crippen molar-refractivity contribution in [2.75, 3.05) is 26.4 Å². The molecule has 0 amide bonds. The summed E-state index contributed by atoms with van der Waals surface area (Å²) in [7, 11) is 0.